The van der Waals surface area contributed by atoms with Crippen molar-refractivity contribution in [2.24, 2.45) is 0 Å². The lowest BCUT2D eigenvalue weighted by Gasteiger charge is -2.05. The minimum atomic E-state index is -1.23. The minimum absolute atomic E-state index is 0.110. The number of carboxylic acids is 1. The van der Waals surface area contributed by atoms with Crippen molar-refractivity contribution in [2.45, 2.75) is 12.8 Å². The largest absolute Gasteiger partial charge is 0.550 e. The average molecular weight is 310 g/mol. The first kappa shape index (κ1) is 15.1. The van der Waals surface area contributed by atoms with Gasteiger partial charge in [0, 0.05) is 16.4 Å². The van der Waals surface area contributed by atoms with E-state index in [1.165, 1.54) is 12.1 Å². The fourth-order valence-electron chi connectivity index (χ4n) is 1.70. The Balaban J connectivity index is 2.17. The zero-order valence-corrected chi connectivity index (χ0v) is 11.5. The zero-order valence-electron chi connectivity index (χ0n) is 10.8. The predicted octanol–water partition coefficient (Wildman–Crippen LogP) is 1.13. The van der Waals surface area contributed by atoms with E-state index in [0.717, 1.165) is 0 Å². The molecule has 110 valence electrons. The molecule has 0 aliphatic carbocycles. The fourth-order valence-corrected chi connectivity index (χ4v) is 1.88. The highest BCUT2D eigenvalue weighted by molar-refractivity contribution is 6.31. The van der Waals surface area contributed by atoms with Gasteiger partial charge in [-0.05, 0) is 37.1 Å². The number of aliphatic carboxylic acids is 1. The van der Waals surface area contributed by atoms with Crippen molar-refractivity contribution >= 4 is 34.5 Å². The van der Waals surface area contributed by atoms with E-state index in [1.807, 2.05) is 0 Å². The molecule has 0 aliphatic rings. The summed E-state index contributed by atoms with van der Waals surface area (Å²) in [6.07, 6.45) is -0.117. The number of fused-ring (bicyclic) bond motifs is 1. The molecule has 0 atom stereocenters. The second-order valence-electron chi connectivity index (χ2n) is 4.24. The summed E-state index contributed by atoms with van der Waals surface area (Å²) in [4.78, 5) is 33.7. The van der Waals surface area contributed by atoms with E-state index in [-0.39, 0.29) is 25.0 Å². The van der Waals surface area contributed by atoms with E-state index in [0.29, 0.717) is 16.0 Å². The topological polar surface area (TPSA) is 96.6 Å². The maximum atomic E-state index is 11.8. The lowest BCUT2D eigenvalue weighted by atomic mass is 10.2. The summed E-state index contributed by atoms with van der Waals surface area (Å²) in [5, 5.41) is 11.1. The van der Waals surface area contributed by atoms with Gasteiger partial charge in [0.1, 0.15) is 11.1 Å². The number of halogens is 1. The molecule has 0 aliphatic heterocycles. The lowest BCUT2D eigenvalue weighted by Crippen LogP contribution is -2.23. The number of ether oxygens (including phenoxy) is 1. The van der Waals surface area contributed by atoms with Crippen LogP contribution in [0.15, 0.2) is 33.5 Å². The van der Waals surface area contributed by atoms with Gasteiger partial charge in [0.25, 0.3) is 0 Å². The Labute approximate surface area is 123 Å². The van der Waals surface area contributed by atoms with Crippen LogP contribution in [0.3, 0.4) is 0 Å². The Morgan fingerprint density at radius 2 is 2.05 bits per heavy atom. The van der Waals surface area contributed by atoms with Crippen LogP contribution in [0.4, 0.5) is 0 Å². The van der Waals surface area contributed by atoms with Crippen molar-refractivity contribution in [3.63, 3.8) is 0 Å². The van der Waals surface area contributed by atoms with Crippen LogP contribution in [0.1, 0.15) is 23.2 Å². The summed E-state index contributed by atoms with van der Waals surface area (Å²) in [7, 11) is 0. The predicted molar refractivity (Wildman–Crippen MR) is 72.0 cm³/mol. The molecule has 0 N–H and O–H groups in total. The molecule has 1 heterocycles. The second-order valence-corrected chi connectivity index (χ2v) is 4.68. The van der Waals surface area contributed by atoms with Gasteiger partial charge in [-0.15, -0.1) is 0 Å². The maximum Gasteiger partial charge on any atom is 0.351 e. The summed E-state index contributed by atoms with van der Waals surface area (Å²) in [5.74, 6) is -2.10. The smallest absolute Gasteiger partial charge is 0.351 e. The van der Waals surface area contributed by atoms with Crippen LogP contribution < -0.4 is 10.7 Å². The van der Waals surface area contributed by atoms with Crippen molar-refractivity contribution in [3.8, 4) is 0 Å². The van der Waals surface area contributed by atoms with Gasteiger partial charge >= 0.3 is 11.6 Å². The third-order valence-electron chi connectivity index (χ3n) is 2.67. The molecule has 0 saturated carbocycles. The third kappa shape index (κ3) is 3.82. The molecule has 0 bridgehead atoms. The molecule has 1 aromatic carbocycles. The maximum absolute atomic E-state index is 11.8. The van der Waals surface area contributed by atoms with Crippen LogP contribution in [0.25, 0.3) is 11.0 Å². The highest BCUT2D eigenvalue weighted by Gasteiger charge is 2.15. The fraction of sp³-hybridized carbons (Fsp3) is 0.214. The van der Waals surface area contributed by atoms with E-state index in [4.69, 9.17) is 20.8 Å². The summed E-state index contributed by atoms with van der Waals surface area (Å²) >= 11 is 5.82. The quantitative estimate of drug-likeness (QED) is 0.466. The first-order chi connectivity index (χ1) is 9.97. The zero-order chi connectivity index (χ0) is 15.4. The highest BCUT2D eigenvalue weighted by Crippen LogP contribution is 2.19. The Kier molecular flexibility index (Phi) is 4.59. The molecule has 0 fully saturated rings. The van der Waals surface area contributed by atoms with Gasteiger partial charge in [0.15, 0.2) is 0 Å². The van der Waals surface area contributed by atoms with Crippen LogP contribution in [0, 0.1) is 0 Å². The third-order valence-corrected chi connectivity index (χ3v) is 2.91. The van der Waals surface area contributed by atoms with E-state index < -0.39 is 17.6 Å². The van der Waals surface area contributed by atoms with Crippen LogP contribution >= 0.6 is 11.6 Å². The van der Waals surface area contributed by atoms with Crippen LogP contribution in [0.2, 0.25) is 5.02 Å². The molecule has 21 heavy (non-hydrogen) atoms. The molecule has 2 rings (SSSR count). The van der Waals surface area contributed by atoms with E-state index >= 15 is 0 Å². The number of esters is 1. The van der Waals surface area contributed by atoms with Crippen LogP contribution in [-0.4, -0.2) is 18.5 Å². The van der Waals surface area contributed by atoms with Gasteiger partial charge in [-0.3, -0.25) is 0 Å². The lowest BCUT2D eigenvalue weighted by molar-refractivity contribution is -0.305. The molecule has 0 saturated heterocycles. The molecular formula is C14H10ClO6-. The Morgan fingerprint density at radius 1 is 1.29 bits per heavy atom. The number of rotatable bonds is 5. The van der Waals surface area contributed by atoms with Gasteiger partial charge in [0.2, 0.25) is 0 Å². The number of benzene rings is 1. The molecule has 1 aromatic heterocycles. The van der Waals surface area contributed by atoms with Crippen molar-refractivity contribution in [1.82, 2.24) is 0 Å². The Hall–Kier alpha value is -2.34. The summed E-state index contributed by atoms with van der Waals surface area (Å²) in [6, 6.07) is 5.96. The van der Waals surface area contributed by atoms with E-state index in [1.54, 1.807) is 12.1 Å². The van der Waals surface area contributed by atoms with Crippen molar-refractivity contribution in [2.75, 3.05) is 6.61 Å². The second kappa shape index (κ2) is 6.41. The highest BCUT2D eigenvalue weighted by atomic mass is 35.5. The minimum Gasteiger partial charge on any atom is -0.550 e. The number of hydrogen-bond acceptors (Lipinski definition) is 6. The number of carbonyl (C=O) groups excluding carboxylic acids is 2. The average Bonchev–Trinajstić information content (AvgIpc) is 2.43. The Bertz CT molecular complexity index is 749. The number of carboxylic acid groups (broad SMARTS) is 1. The van der Waals surface area contributed by atoms with Crippen molar-refractivity contribution < 1.29 is 23.8 Å². The number of hydrogen-bond donors (Lipinski definition) is 0. The van der Waals surface area contributed by atoms with Crippen LogP contribution in [-0.2, 0) is 9.53 Å². The van der Waals surface area contributed by atoms with Gasteiger partial charge in [-0.1, -0.05) is 11.6 Å². The molecule has 6 nitrogen and oxygen atoms in total. The normalized spacial score (nSPS) is 10.5. The number of carbonyl (C=O) groups is 2. The first-order valence-electron chi connectivity index (χ1n) is 6.08. The summed E-state index contributed by atoms with van der Waals surface area (Å²) < 4.78 is 9.81. The monoisotopic (exact) mass is 309 g/mol. The molecule has 0 spiro atoms. The molecule has 0 unspecified atom stereocenters. The van der Waals surface area contributed by atoms with Gasteiger partial charge < -0.3 is 19.1 Å². The standard InChI is InChI=1S/C14H11ClO6/c15-9-3-4-11-8(6-9)7-10(14(19)21-11)13(18)20-5-1-2-12(16)17/h3-4,6-7H,1-2,5H2,(H,16,17)/p-1. The van der Waals surface area contributed by atoms with Gasteiger partial charge in [-0.2, -0.15) is 0 Å². The molecular weight excluding hydrogens is 300 g/mol. The van der Waals surface area contributed by atoms with Crippen LogP contribution in [0.5, 0.6) is 0 Å². The van der Waals surface area contributed by atoms with Crippen molar-refractivity contribution in [1.29, 1.82) is 0 Å². The SMILES string of the molecule is O=C([O-])CCCOC(=O)c1cc2cc(Cl)ccc2oc1=O. The first-order valence-corrected chi connectivity index (χ1v) is 6.45. The van der Waals surface area contributed by atoms with Gasteiger partial charge in [-0.25, -0.2) is 9.59 Å². The van der Waals surface area contributed by atoms with E-state index in [9.17, 15) is 19.5 Å². The molecule has 2 aromatic rings. The summed E-state index contributed by atoms with van der Waals surface area (Å²) in [6.45, 7) is -0.125. The Morgan fingerprint density at radius 3 is 2.76 bits per heavy atom. The summed E-state index contributed by atoms with van der Waals surface area (Å²) in [5.41, 5.74) is -0.786. The molecule has 7 heteroatoms. The van der Waals surface area contributed by atoms with Crippen molar-refractivity contribution in [3.05, 3.63) is 45.3 Å². The molecule has 0 radical (unpaired) electrons. The molecule has 0 amide bonds. The van der Waals surface area contributed by atoms with E-state index in [2.05, 4.69) is 0 Å². The van der Waals surface area contributed by atoms with Gasteiger partial charge in [0.05, 0.1) is 6.61 Å².